The molecule has 4 aromatic carbocycles. The third-order valence-corrected chi connectivity index (χ3v) is 8.15. The van der Waals surface area contributed by atoms with E-state index in [4.69, 9.17) is 0 Å². The molecule has 186 valence electrons. The Labute approximate surface area is 218 Å². The maximum Gasteiger partial charge on any atom is 0.256 e. The van der Waals surface area contributed by atoms with Gasteiger partial charge in [-0.25, -0.2) is 0 Å². The summed E-state index contributed by atoms with van der Waals surface area (Å²) in [5.41, 5.74) is 4.26. The third-order valence-electron chi connectivity index (χ3n) is 8.15. The first kappa shape index (κ1) is 23.5. The van der Waals surface area contributed by atoms with Crippen molar-refractivity contribution in [2.24, 2.45) is 5.92 Å². The van der Waals surface area contributed by atoms with Crippen molar-refractivity contribution in [2.45, 2.75) is 44.6 Å². The quantitative estimate of drug-likeness (QED) is 0.322. The molecule has 0 spiro atoms. The van der Waals surface area contributed by atoms with E-state index in [1.54, 1.807) is 0 Å². The molecule has 1 saturated heterocycles. The molecule has 37 heavy (non-hydrogen) atoms. The first-order valence-corrected chi connectivity index (χ1v) is 13.5. The lowest BCUT2D eigenvalue weighted by Gasteiger charge is -2.44. The maximum atomic E-state index is 13.8. The van der Waals surface area contributed by atoms with Gasteiger partial charge in [0.1, 0.15) is 0 Å². The number of piperidine rings is 1. The second-order valence-electron chi connectivity index (χ2n) is 10.4. The van der Waals surface area contributed by atoms with Crippen molar-refractivity contribution in [2.75, 3.05) is 11.9 Å². The van der Waals surface area contributed by atoms with Crippen LogP contribution in [0.2, 0.25) is 0 Å². The number of benzene rings is 4. The molecule has 0 bridgehead atoms. The first-order chi connectivity index (χ1) is 18.2. The van der Waals surface area contributed by atoms with Crippen LogP contribution in [0.4, 0.5) is 5.69 Å². The van der Waals surface area contributed by atoms with Crippen LogP contribution >= 0.6 is 0 Å². The third kappa shape index (κ3) is 4.64. The Morgan fingerprint density at radius 2 is 1.27 bits per heavy atom. The van der Waals surface area contributed by atoms with Crippen LogP contribution in [0.5, 0.6) is 0 Å². The van der Waals surface area contributed by atoms with Gasteiger partial charge < -0.3 is 10.2 Å². The monoisotopic (exact) mass is 488 g/mol. The van der Waals surface area contributed by atoms with Crippen LogP contribution in [0.3, 0.4) is 0 Å². The molecule has 2 aliphatic rings. The Kier molecular flexibility index (Phi) is 6.48. The minimum atomic E-state index is -0.173. The van der Waals surface area contributed by atoms with Crippen molar-refractivity contribution >= 4 is 28.3 Å². The van der Waals surface area contributed by atoms with E-state index in [2.05, 4.69) is 22.3 Å². The van der Waals surface area contributed by atoms with Crippen LogP contribution < -0.4 is 5.32 Å². The first-order valence-electron chi connectivity index (χ1n) is 13.5. The van der Waals surface area contributed by atoms with E-state index in [1.807, 2.05) is 78.9 Å². The number of hydrogen-bond acceptors (Lipinski definition) is 2. The number of likely N-dealkylation sites (tertiary alicyclic amines) is 1. The van der Waals surface area contributed by atoms with Gasteiger partial charge in [0, 0.05) is 29.4 Å². The smallest absolute Gasteiger partial charge is 0.256 e. The molecule has 1 aliphatic carbocycles. The number of fused-ring (bicyclic) bond motifs is 2. The average molecular weight is 489 g/mol. The number of carbonyl (C=O) groups excluding carboxylic acids is 2. The number of hydrogen-bond donors (Lipinski definition) is 1. The molecule has 4 aromatic rings. The molecule has 0 radical (unpaired) electrons. The van der Waals surface area contributed by atoms with Gasteiger partial charge >= 0.3 is 0 Å². The van der Waals surface area contributed by atoms with Gasteiger partial charge in [0.05, 0.1) is 0 Å². The second-order valence-corrected chi connectivity index (χ2v) is 10.4. The predicted octanol–water partition coefficient (Wildman–Crippen LogP) is 7.55. The molecule has 2 fully saturated rings. The van der Waals surface area contributed by atoms with Gasteiger partial charge in [-0.05, 0) is 77.8 Å². The fourth-order valence-electron chi connectivity index (χ4n) is 6.29. The van der Waals surface area contributed by atoms with Crippen LogP contribution in [0, 0.1) is 5.92 Å². The zero-order valence-corrected chi connectivity index (χ0v) is 21.0. The van der Waals surface area contributed by atoms with Crippen LogP contribution in [-0.4, -0.2) is 29.3 Å². The summed E-state index contributed by atoms with van der Waals surface area (Å²) in [7, 11) is 0. The fraction of sp³-hybridized carbons (Fsp3) is 0.273. The van der Waals surface area contributed by atoms with E-state index >= 15 is 0 Å². The highest BCUT2D eigenvalue weighted by atomic mass is 16.2. The normalized spacial score (nSPS) is 19.3. The van der Waals surface area contributed by atoms with E-state index < -0.39 is 0 Å². The second kappa shape index (κ2) is 10.2. The topological polar surface area (TPSA) is 49.4 Å². The molecular weight excluding hydrogens is 456 g/mol. The molecule has 4 nitrogen and oxygen atoms in total. The van der Waals surface area contributed by atoms with Crippen molar-refractivity contribution in [1.29, 1.82) is 0 Å². The summed E-state index contributed by atoms with van der Waals surface area (Å²) in [5, 5.41) is 4.70. The summed E-state index contributed by atoms with van der Waals surface area (Å²) < 4.78 is 0. The fourth-order valence-corrected chi connectivity index (χ4v) is 6.29. The van der Waals surface area contributed by atoms with Gasteiger partial charge in [0.25, 0.3) is 11.8 Å². The lowest BCUT2D eigenvalue weighted by atomic mass is 9.78. The molecule has 6 rings (SSSR count). The molecular formula is C33H32N2O2. The highest BCUT2D eigenvalue weighted by Gasteiger charge is 2.36. The maximum absolute atomic E-state index is 13.8. The lowest BCUT2D eigenvalue weighted by molar-refractivity contribution is 0.0392. The predicted molar refractivity (Wildman–Crippen MR) is 150 cm³/mol. The van der Waals surface area contributed by atoms with Crippen molar-refractivity contribution in [1.82, 2.24) is 4.90 Å². The average Bonchev–Trinajstić information content (AvgIpc) is 2.97. The molecule has 0 unspecified atom stereocenters. The number of nitrogens with zero attached hydrogens (tertiary/aromatic N) is 1. The Hall–Kier alpha value is -3.92. The molecule has 1 aliphatic heterocycles. The van der Waals surface area contributed by atoms with Gasteiger partial charge in [-0.1, -0.05) is 79.6 Å². The minimum Gasteiger partial charge on any atom is -0.335 e. The van der Waals surface area contributed by atoms with Crippen molar-refractivity contribution in [3.05, 3.63) is 102 Å². The van der Waals surface area contributed by atoms with Crippen molar-refractivity contribution in [3.63, 3.8) is 0 Å². The van der Waals surface area contributed by atoms with E-state index in [1.165, 1.54) is 25.7 Å². The molecule has 1 heterocycles. The summed E-state index contributed by atoms with van der Waals surface area (Å²) in [4.78, 5) is 29.3. The largest absolute Gasteiger partial charge is 0.335 e. The Morgan fingerprint density at radius 3 is 2.05 bits per heavy atom. The van der Waals surface area contributed by atoms with E-state index in [0.717, 1.165) is 47.0 Å². The van der Waals surface area contributed by atoms with E-state index in [9.17, 15) is 9.59 Å². The molecule has 2 atom stereocenters. The number of nitrogens with one attached hydrogen (secondary N) is 1. The minimum absolute atomic E-state index is 0.108. The van der Waals surface area contributed by atoms with E-state index in [0.29, 0.717) is 23.1 Å². The van der Waals surface area contributed by atoms with Gasteiger partial charge in [0.2, 0.25) is 0 Å². The lowest BCUT2D eigenvalue weighted by Crippen LogP contribution is -2.49. The van der Waals surface area contributed by atoms with Crippen molar-refractivity contribution in [3.8, 4) is 11.1 Å². The van der Waals surface area contributed by atoms with Crippen LogP contribution in [0.1, 0.15) is 59.2 Å². The zero-order chi connectivity index (χ0) is 25.2. The molecule has 4 heteroatoms. The van der Waals surface area contributed by atoms with Crippen LogP contribution in [-0.2, 0) is 0 Å². The number of anilines is 1. The summed E-state index contributed by atoms with van der Waals surface area (Å²) in [6.45, 7) is 0.829. The molecule has 2 amide bonds. The van der Waals surface area contributed by atoms with Crippen molar-refractivity contribution < 1.29 is 9.59 Å². The summed E-state index contributed by atoms with van der Waals surface area (Å²) >= 11 is 0. The Morgan fingerprint density at radius 1 is 0.649 bits per heavy atom. The summed E-state index contributed by atoms with van der Waals surface area (Å²) in [6, 6.07) is 29.9. The molecule has 1 N–H and O–H groups in total. The molecule has 0 aromatic heterocycles. The highest BCUT2D eigenvalue weighted by Crippen LogP contribution is 2.37. The molecule has 1 saturated carbocycles. The van der Waals surface area contributed by atoms with Gasteiger partial charge in [0.15, 0.2) is 0 Å². The highest BCUT2D eigenvalue weighted by molar-refractivity contribution is 6.17. The Balaban J connectivity index is 1.26. The zero-order valence-electron chi connectivity index (χ0n) is 21.0. The van der Waals surface area contributed by atoms with E-state index in [-0.39, 0.29) is 11.8 Å². The van der Waals surface area contributed by atoms with Crippen LogP contribution in [0.25, 0.3) is 21.9 Å². The Bertz CT molecular complexity index is 1430. The number of rotatable bonds is 4. The van der Waals surface area contributed by atoms with Gasteiger partial charge in [-0.2, -0.15) is 0 Å². The summed E-state index contributed by atoms with van der Waals surface area (Å²) in [5.74, 6) is 0.570. The standard InChI is InChI=1S/C33H32N2O2/c36-32(34-26-18-16-24(17-19-26)23-9-2-1-3-10-23)29-20-21-30(28-14-6-5-13-27(28)29)33(37)35-22-8-12-25-11-4-7-15-31(25)35/h1-3,5-6,9-10,13-14,16-21,25,31H,4,7-8,11-12,15,22H2,(H,34,36)/t25-,31-/m0/s1. The van der Waals surface area contributed by atoms with Gasteiger partial charge in [-0.15, -0.1) is 0 Å². The number of carbonyl (C=O) groups is 2. The number of amides is 2. The SMILES string of the molecule is O=C(Nc1ccc(-c2ccccc2)cc1)c1ccc(C(=O)N2CCC[C@@H]3CCCC[C@@H]32)c2ccccc12. The van der Waals surface area contributed by atoms with Crippen LogP contribution in [0.15, 0.2) is 91.0 Å². The summed E-state index contributed by atoms with van der Waals surface area (Å²) in [6.07, 6.45) is 7.15. The van der Waals surface area contributed by atoms with Gasteiger partial charge in [-0.3, -0.25) is 9.59 Å².